The largest absolute Gasteiger partial charge is 0.396 e. The van der Waals surface area contributed by atoms with Gasteiger partial charge in [0.1, 0.15) is 0 Å². The molecule has 2 aromatic heterocycles. The lowest BCUT2D eigenvalue weighted by molar-refractivity contribution is 0.102. The summed E-state index contributed by atoms with van der Waals surface area (Å²) in [4.78, 5) is 16.3. The van der Waals surface area contributed by atoms with Crippen LogP contribution in [0.2, 0.25) is 0 Å². The highest BCUT2D eigenvalue weighted by molar-refractivity contribution is 6.06. The second-order valence-electron chi connectivity index (χ2n) is 4.47. The van der Waals surface area contributed by atoms with Gasteiger partial charge in [-0.3, -0.25) is 14.5 Å². The Morgan fingerprint density at radius 2 is 2.20 bits per heavy atom. The van der Waals surface area contributed by atoms with Gasteiger partial charge in [0.15, 0.2) is 5.69 Å². The zero-order chi connectivity index (χ0) is 14.1. The van der Waals surface area contributed by atoms with Crippen LogP contribution in [0.4, 0.5) is 11.4 Å². The van der Waals surface area contributed by atoms with Crippen LogP contribution in [0, 0.1) is 0 Å². The Balaban J connectivity index is 1.89. The molecule has 0 saturated carbocycles. The van der Waals surface area contributed by atoms with Crippen LogP contribution in [0.15, 0.2) is 42.7 Å². The maximum atomic E-state index is 12.1. The minimum absolute atomic E-state index is 0.221. The number of nitrogens with zero attached hydrogens (tertiary/aromatic N) is 3. The van der Waals surface area contributed by atoms with E-state index in [0.29, 0.717) is 11.4 Å². The topological polar surface area (TPSA) is 85.8 Å². The first-order chi connectivity index (χ1) is 9.63. The zero-order valence-electron chi connectivity index (χ0n) is 10.9. The van der Waals surface area contributed by atoms with E-state index >= 15 is 0 Å². The lowest BCUT2D eigenvalue weighted by atomic mass is 10.2. The van der Waals surface area contributed by atoms with Crippen LogP contribution in [-0.2, 0) is 7.05 Å². The molecule has 0 aliphatic heterocycles. The van der Waals surface area contributed by atoms with Crippen molar-refractivity contribution in [2.45, 2.75) is 0 Å². The molecule has 20 heavy (non-hydrogen) atoms. The predicted molar refractivity (Wildman–Crippen MR) is 77.3 cm³/mol. The number of carbonyl (C=O) groups is 1. The van der Waals surface area contributed by atoms with Gasteiger partial charge in [0.2, 0.25) is 0 Å². The summed E-state index contributed by atoms with van der Waals surface area (Å²) < 4.78 is 1.51. The second-order valence-corrected chi connectivity index (χ2v) is 4.47. The fourth-order valence-electron chi connectivity index (χ4n) is 2.03. The first-order valence-electron chi connectivity index (χ1n) is 6.09. The van der Waals surface area contributed by atoms with Gasteiger partial charge in [-0.25, -0.2) is 0 Å². The van der Waals surface area contributed by atoms with E-state index in [-0.39, 0.29) is 11.6 Å². The Hall–Kier alpha value is -2.89. The molecule has 0 unspecified atom stereocenters. The van der Waals surface area contributed by atoms with Crippen molar-refractivity contribution in [3.8, 4) is 0 Å². The van der Waals surface area contributed by atoms with Gasteiger partial charge in [0.25, 0.3) is 5.91 Å². The van der Waals surface area contributed by atoms with E-state index in [1.165, 1.54) is 4.68 Å². The molecule has 0 atom stereocenters. The smallest absolute Gasteiger partial charge is 0.278 e. The molecule has 0 bridgehead atoms. The Labute approximate surface area is 115 Å². The van der Waals surface area contributed by atoms with Crippen LogP contribution in [0.1, 0.15) is 10.5 Å². The molecule has 0 aliphatic rings. The molecule has 3 aromatic rings. The van der Waals surface area contributed by atoms with Gasteiger partial charge >= 0.3 is 0 Å². The molecular formula is C14H13N5O. The minimum atomic E-state index is -0.327. The van der Waals surface area contributed by atoms with Gasteiger partial charge in [-0.15, -0.1) is 0 Å². The van der Waals surface area contributed by atoms with Crippen LogP contribution in [0.3, 0.4) is 0 Å². The summed E-state index contributed by atoms with van der Waals surface area (Å²) in [7, 11) is 1.72. The average Bonchev–Trinajstić information content (AvgIpc) is 2.78. The van der Waals surface area contributed by atoms with Crippen LogP contribution in [-0.4, -0.2) is 20.7 Å². The van der Waals surface area contributed by atoms with Gasteiger partial charge < -0.3 is 11.1 Å². The van der Waals surface area contributed by atoms with E-state index in [4.69, 9.17) is 5.73 Å². The Kier molecular flexibility index (Phi) is 2.83. The van der Waals surface area contributed by atoms with Crippen molar-refractivity contribution in [3.05, 3.63) is 48.4 Å². The Morgan fingerprint density at radius 3 is 2.95 bits per heavy atom. The maximum absolute atomic E-state index is 12.1. The lowest BCUT2D eigenvalue weighted by Crippen LogP contribution is -2.14. The summed E-state index contributed by atoms with van der Waals surface area (Å²) in [5.41, 5.74) is 7.87. The number of amides is 1. The summed E-state index contributed by atoms with van der Waals surface area (Å²) in [6, 6.07) is 9.30. The molecule has 0 radical (unpaired) electrons. The Morgan fingerprint density at radius 1 is 1.35 bits per heavy atom. The number of aromatic nitrogens is 3. The van der Waals surface area contributed by atoms with E-state index in [9.17, 15) is 4.79 Å². The monoisotopic (exact) mass is 267 g/mol. The van der Waals surface area contributed by atoms with Crippen molar-refractivity contribution >= 4 is 28.2 Å². The molecular weight excluding hydrogens is 254 g/mol. The van der Waals surface area contributed by atoms with E-state index in [1.807, 2.05) is 24.3 Å². The fourth-order valence-corrected chi connectivity index (χ4v) is 2.03. The van der Waals surface area contributed by atoms with Crippen LogP contribution < -0.4 is 11.1 Å². The highest BCUT2D eigenvalue weighted by Gasteiger charge is 2.14. The van der Waals surface area contributed by atoms with Crippen molar-refractivity contribution in [2.24, 2.45) is 7.05 Å². The number of anilines is 2. The summed E-state index contributed by atoms with van der Waals surface area (Å²) in [6.07, 6.45) is 3.33. The number of pyridine rings is 1. The highest BCUT2D eigenvalue weighted by Crippen LogP contribution is 2.18. The van der Waals surface area contributed by atoms with Crippen molar-refractivity contribution in [1.29, 1.82) is 0 Å². The van der Waals surface area contributed by atoms with Gasteiger partial charge in [-0.2, -0.15) is 5.10 Å². The summed E-state index contributed by atoms with van der Waals surface area (Å²) in [5, 5.41) is 7.78. The van der Waals surface area contributed by atoms with Crippen LogP contribution in [0.25, 0.3) is 10.9 Å². The molecule has 0 aliphatic carbocycles. The SMILES string of the molecule is Cn1cc(N)c(C(=O)Nc2ccc3ncccc3c2)n1. The first kappa shape index (κ1) is 12.2. The molecule has 2 heterocycles. The normalized spacial score (nSPS) is 10.7. The third-order valence-electron chi connectivity index (χ3n) is 2.93. The number of hydrogen-bond donors (Lipinski definition) is 2. The number of carbonyl (C=O) groups excluding carboxylic acids is 1. The maximum Gasteiger partial charge on any atom is 0.278 e. The Bertz CT molecular complexity index is 793. The first-order valence-corrected chi connectivity index (χ1v) is 6.09. The number of nitrogens with two attached hydrogens (primary N) is 1. The van der Waals surface area contributed by atoms with Crippen molar-refractivity contribution in [3.63, 3.8) is 0 Å². The predicted octanol–water partition coefficient (Wildman–Crippen LogP) is 1.80. The molecule has 0 fully saturated rings. The van der Waals surface area contributed by atoms with E-state index in [2.05, 4.69) is 15.4 Å². The number of nitrogen functional groups attached to an aromatic ring is 1. The zero-order valence-corrected chi connectivity index (χ0v) is 10.9. The van der Waals surface area contributed by atoms with Crippen molar-refractivity contribution in [2.75, 3.05) is 11.1 Å². The second kappa shape index (κ2) is 4.65. The molecule has 1 aromatic carbocycles. The number of hydrogen-bond acceptors (Lipinski definition) is 4. The van der Waals surface area contributed by atoms with Crippen LogP contribution >= 0.6 is 0 Å². The molecule has 0 spiro atoms. The molecule has 6 nitrogen and oxygen atoms in total. The number of nitrogens with one attached hydrogen (secondary N) is 1. The van der Waals surface area contributed by atoms with E-state index in [0.717, 1.165) is 10.9 Å². The third-order valence-corrected chi connectivity index (χ3v) is 2.93. The number of rotatable bonds is 2. The van der Waals surface area contributed by atoms with E-state index in [1.54, 1.807) is 25.5 Å². The minimum Gasteiger partial charge on any atom is -0.396 e. The fraction of sp³-hybridized carbons (Fsp3) is 0.0714. The number of fused-ring (bicyclic) bond motifs is 1. The highest BCUT2D eigenvalue weighted by atomic mass is 16.2. The number of aryl methyl sites for hydroxylation is 1. The molecule has 100 valence electrons. The lowest BCUT2D eigenvalue weighted by Gasteiger charge is -2.05. The summed E-state index contributed by atoms with van der Waals surface area (Å²) in [5.74, 6) is -0.327. The molecule has 3 rings (SSSR count). The molecule has 3 N–H and O–H groups in total. The standard InChI is InChI=1S/C14H13N5O/c1-19-8-11(15)13(18-19)14(20)17-10-4-5-12-9(7-10)3-2-6-16-12/h2-8H,15H2,1H3,(H,17,20). The molecule has 6 heteroatoms. The van der Waals surface area contributed by atoms with Gasteiger partial charge in [-0.1, -0.05) is 6.07 Å². The van der Waals surface area contributed by atoms with Gasteiger partial charge in [0.05, 0.1) is 11.2 Å². The molecule has 0 saturated heterocycles. The van der Waals surface area contributed by atoms with Gasteiger partial charge in [-0.05, 0) is 24.3 Å². The number of benzene rings is 1. The third kappa shape index (κ3) is 2.18. The van der Waals surface area contributed by atoms with Gasteiger partial charge in [0, 0.05) is 30.5 Å². The summed E-state index contributed by atoms with van der Waals surface area (Å²) in [6.45, 7) is 0. The van der Waals surface area contributed by atoms with Crippen molar-refractivity contribution < 1.29 is 4.79 Å². The van der Waals surface area contributed by atoms with E-state index < -0.39 is 0 Å². The molecule has 1 amide bonds. The quantitative estimate of drug-likeness (QED) is 0.741. The summed E-state index contributed by atoms with van der Waals surface area (Å²) >= 11 is 0. The average molecular weight is 267 g/mol. The van der Waals surface area contributed by atoms with Crippen LogP contribution in [0.5, 0.6) is 0 Å². The van der Waals surface area contributed by atoms with Crippen molar-refractivity contribution in [1.82, 2.24) is 14.8 Å².